The van der Waals surface area contributed by atoms with Gasteiger partial charge in [-0.3, -0.25) is 4.98 Å². The van der Waals surface area contributed by atoms with Crippen LogP contribution in [0.5, 0.6) is 0 Å². The van der Waals surface area contributed by atoms with Gasteiger partial charge < -0.3 is 5.32 Å². The molecule has 0 saturated heterocycles. The summed E-state index contributed by atoms with van der Waals surface area (Å²) in [5.41, 5.74) is 0.943. The Balaban J connectivity index is 2.36. The molecule has 0 radical (unpaired) electrons. The van der Waals surface area contributed by atoms with E-state index in [1.165, 1.54) is 0 Å². The van der Waals surface area contributed by atoms with Crippen molar-refractivity contribution in [3.8, 4) is 0 Å². The zero-order valence-corrected chi connectivity index (χ0v) is 8.57. The van der Waals surface area contributed by atoms with Crippen molar-refractivity contribution in [3.05, 3.63) is 30.1 Å². The number of pyridine rings is 1. The Bertz CT molecular complexity index is 383. The number of rotatable bonds is 1. The molecule has 2 heterocycles. The SMILES string of the molecule is CC1(S)N=C(c2ccncc2)N=CN1. The molecule has 0 bridgehead atoms. The molecule has 0 amide bonds. The van der Waals surface area contributed by atoms with E-state index in [9.17, 15) is 0 Å². The van der Waals surface area contributed by atoms with Crippen LogP contribution in [0, 0.1) is 0 Å². The van der Waals surface area contributed by atoms with Crippen LogP contribution in [0.3, 0.4) is 0 Å². The highest BCUT2D eigenvalue weighted by molar-refractivity contribution is 7.81. The molecule has 0 aliphatic carbocycles. The molecule has 1 atom stereocenters. The van der Waals surface area contributed by atoms with Crippen molar-refractivity contribution in [1.29, 1.82) is 0 Å². The number of hydrogen-bond acceptors (Lipinski definition) is 5. The summed E-state index contributed by atoms with van der Waals surface area (Å²) in [6, 6.07) is 3.73. The standard InChI is InChI=1S/C9H10N4S/c1-9(14)12-6-11-8(13-9)7-2-4-10-5-3-7/h2-6,14H,1H3,(H,11,12,13). The van der Waals surface area contributed by atoms with Gasteiger partial charge in [-0.15, -0.1) is 12.6 Å². The maximum atomic E-state index is 4.33. The molecule has 0 saturated carbocycles. The predicted molar refractivity (Wildman–Crippen MR) is 59.8 cm³/mol. The topological polar surface area (TPSA) is 49.6 Å². The second-order valence-corrected chi connectivity index (χ2v) is 3.97. The van der Waals surface area contributed by atoms with Crippen molar-refractivity contribution in [3.63, 3.8) is 0 Å². The van der Waals surface area contributed by atoms with E-state index < -0.39 is 4.99 Å². The summed E-state index contributed by atoms with van der Waals surface area (Å²) >= 11 is 4.32. The van der Waals surface area contributed by atoms with E-state index in [1.807, 2.05) is 19.1 Å². The van der Waals surface area contributed by atoms with Crippen LogP contribution in [-0.4, -0.2) is 22.2 Å². The lowest BCUT2D eigenvalue weighted by atomic mass is 10.2. The molecule has 2 rings (SSSR count). The van der Waals surface area contributed by atoms with E-state index in [-0.39, 0.29) is 0 Å². The molecular formula is C9H10N4S. The average Bonchev–Trinajstić information content (AvgIpc) is 2.18. The summed E-state index contributed by atoms with van der Waals surface area (Å²) in [4.78, 5) is 11.8. The molecule has 1 aliphatic heterocycles. The molecule has 0 spiro atoms. The number of aromatic nitrogens is 1. The van der Waals surface area contributed by atoms with Crippen molar-refractivity contribution in [2.24, 2.45) is 9.98 Å². The van der Waals surface area contributed by atoms with Gasteiger partial charge in [0.2, 0.25) is 0 Å². The first-order chi connectivity index (χ1) is 6.67. The van der Waals surface area contributed by atoms with Gasteiger partial charge in [0.25, 0.3) is 0 Å². The van der Waals surface area contributed by atoms with Gasteiger partial charge in [-0.2, -0.15) is 0 Å². The maximum absolute atomic E-state index is 4.33. The molecular weight excluding hydrogens is 196 g/mol. The average molecular weight is 206 g/mol. The summed E-state index contributed by atoms with van der Waals surface area (Å²) in [6.45, 7) is 1.86. The third-order valence-electron chi connectivity index (χ3n) is 1.79. The fourth-order valence-corrected chi connectivity index (χ4v) is 1.28. The monoisotopic (exact) mass is 206 g/mol. The molecule has 1 unspecified atom stereocenters. The van der Waals surface area contributed by atoms with Crippen LogP contribution in [0.15, 0.2) is 34.5 Å². The first-order valence-electron chi connectivity index (χ1n) is 4.20. The first-order valence-corrected chi connectivity index (χ1v) is 4.65. The van der Waals surface area contributed by atoms with Crippen LogP contribution in [-0.2, 0) is 0 Å². The van der Waals surface area contributed by atoms with Crippen molar-refractivity contribution < 1.29 is 0 Å². The van der Waals surface area contributed by atoms with Crippen molar-refractivity contribution in [1.82, 2.24) is 10.3 Å². The molecule has 1 aliphatic rings. The second kappa shape index (κ2) is 3.42. The van der Waals surface area contributed by atoms with Crippen LogP contribution in [0.1, 0.15) is 12.5 Å². The van der Waals surface area contributed by atoms with E-state index in [4.69, 9.17) is 0 Å². The minimum atomic E-state index is -0.583. The molecule has 14 heavy (non-hydrogen) atoms. The molecule has 0 aromatic carbocycles. The van der Waals surface area contributed by atoms with Crippen LogP contribution in [0.2, 0.25) is 0 Å². The highest BCUT2D eigenvalue weighted by Crippen LogP contribution is 2.15. The summed E-state index contributed by atoms with van der Waals surface area (Å²) < 4.78 is 0. The number of nitrogens with one attached hydrogen (secondary N) is 1. The van der Waals surface area contributed by atoms with Gasteiger partial charge in [-0.1, -0.05) is 0 Å². The highest BCUT2D eigenvalue weighted by atomic mass is 32.1. The third kappa shape index (κ3) is 1.93. The van der Waals surface area contributed by atoms with E-state index in [0.717, 1.165) is 5.56 Å². The maximum Gasteiger partial charge on any atom is 0.174 e. The van der Waals surface area contributed by atoms with E-state index in [1.54, 1.807) is 18.7 Å². The summed E-state index contributed by atoms with van der Waals surface area (Å²) in [5.74, 6) is 0.670. The Morgan fingerprint density at radius 2 is 2.07 bits per heavy atom. The number of aliphatic imine (C=N–C) groups is 2. The molecule has 1 N–H and O–H groups in total. The van der Waals surface area contributed by atoms with E-state index >= 15 is 0 Å². The van der Waals surface area contributed by atoms with Crippen LogP contribution >= 0.6 is 12.6 Å². The van der Waals surface area contributed by atoms with E-state index in [0.29, 0.717) is 5.84 Å². The smallest absolute Gasteiger partial charge is 0.174 e. The zero-order chi connectivity index (χ0) is 10.0. The van der Waals surface area contributed by atoms with Crippen molar-refractivity contribution in [2.45, 2.75) is 11.9 Å². The van der Waals surface area contributed by atoms with Crippen LogP contribution in [0.4, 0.5) is 0 Å². The second-order valence-electron chi connectivity index (χ2n) is 3.09. The molecule has 4 nitrogen and oxygen atoms in total. The largest absolute Gasteiger partial charge is 0.344 e. The van der Waals surface area contributed by atoms with Crippen molar-refractivity contribution in [2.75, 3.05) is 0 Å². The highest BCUT2D eigenvalue weighted by Gasteiger charge is 2.19. The van der Waals surface area contributed by atoms with Crippen molar-refractivity contribution >= 4 is 24.8 Å². The van der Waals surface area contributed by atoms with Crippen LogP contribution < -0.4 is 5.32 Å². The van der Waals surface area contributed by atoms with Gasteiger partial charge in [0.15, 0.2) is 10.8 Å². The quantitative estimate of drug-likeness (QED) is 0.675. The molecule has 72 valence electrons. The fourth-order valence-electron chi connectivity index (χ4n) is 1.12. The molecule has 0 fully saturated rings. The predicted octanol–water partition coefficient (Wildman–Crippen LogP) is 1.06. The number of thiol groups is 1. The summed E-state index contributed by atoms with van der Waals surface area (Å²) in [7, 11) is 0. The Labute approximate surface area is 87.6 Å². The van der Waals surface area contributed by atoms with Crippen LogP contribution in [0.25, 0.3) is 0 Å². The Morgan fingerprint density at radius 3 is 2.71 bits per heavy atom. The summed E-state index contributed by atoms with van der Waals surface area (Å²) in [6.07, 6.45) is 5.03. The molecule has 5 heteroatoms. The lowest BCUT2D eigenvalue weighted by Gasteiger charge is -2.22. The lowest BCUT2D eigenvalue weighted by molar-refractivity contribution is 0.642. The fraction of sp³-hybridized carbons (Fsp3) is 0.222. The normalized spacial score (nSPS) is 25.4. The Morgan fingerprint density at radius 1 is 1.36 bits per heavy atom. The van der Waals surface area contributed by atoms with Gasteiger partial charge in [-0.25, -0.2) is 9.98 Å². The third-order valence-corrected chi connectivity index (χ3v) is 2.02. The molecule has 1 aromatic rings. The van der Waals surface area contributed by atoms with Gasteiger partial charge in [0.1, 0.15) is 0 Å². The van der Waals surface area contributed by atoms with Gasteiger partial charge in [-0.05, 0) is 19.1 Å². The number of amidine groups is 1. The Hall–Kier alpha value is -1.36. The number of nitrogens with zero attached hydrogens (tertiary/aromatic N) is 3. The Kier molecular flexibility index (Phi) is 2.25. The van der Waals surface area contributed by atoms with Gasteiger partial charge in [0.05, 0.1) is 6.34 Å². The number of hydrogen-bond donors (Lipinski definition) is 2. The van der Waals surface area contributed by atoms with E-state index in [2.05, 4.69) is 32.9 Å². The minimum absolute atomic E-state index is 0.583. The summed E-state index contributed by atoms with van der Waals surface area (Å²) in [5, 5.41) is 2.93. The zero-order valence-electron chi connectivity index (χ0n) is 7.68. The minimum Gasteiger partial charge on any atom is -0.344 e. The first kappa shape index (κ1) is 9.21. The van der Waals surface area contributed by atoms with Gasteiger partial charge in [0, 0.05) is 18.0 Å². The van der Waals surface area contributed by atoms with Gasteiger partial charge >= 0.3 is 0 Å². The molecule has 1 aromatic heterocycles. The lowest BCUT2D eigenvalue weighted by Crippen LogP contribution is -2.37.